The normalized spacial score (nSPS) is 16.0. The first kappa shape index (κ1) is 14.9. The highest BCUT2D eigenvalue weighted by molar-refractivity contribution is 6.30. The molecule has 1 aromatic heterocycles. The Bertz CT molecular complexity index is 691. The molecule has 0 radical (unpaired) electrons. The summed E-state index contributed by atoms with van der Waals surface area (Å²) < 4.78 is 5.25. The molecular formula is C16H17ClN2O3. The van der Waals surface area contributed by atoms with Crippen molar-refractivity contribution in [1.29, 1.82) is 0 Å². The SMILES string of the molecule is O=c1cc(CN2CCN(c3ccc(Cl)cc3)CC2)occ1O. The number of aromatic hydroxyl groups is 1. The van der Waals surface area contributed by atoms with Gasteiger partial charge in [-0.25, -0.2) is 0 Å². The molecule has 0 aliphatic carbocycles. The Hall–Kier alpha value is -1.98. The Kier molecular flexibility index (Phi) is 4.36. The summed E-state index contributed by atoms with van der Waals surface area (Å²) in [6.07, 6.45) is 1.10. The lowest BCUT2D eigenvalue weighted by atomic mass is 10.2. The average Bonchev–Trinajstić information content (AvgIpc) is 2.53. The van der Waals surface area contributed by atoms with Crippen LogP contribution in [-0.2, 0) is 6.54 Å². The van der Waals surface area contributed by atoms with Gasteiger partial charge in [-0.05, 0) is 24.3 Å². The number of anilines is 1. The van der Waals surface area contributed by atoms with Gasteiger partial charge in [0.15, 0.2) is 5.75 Å². The summed E-state index contributed by atoms with van der Waals surface area (Å²) in [4.78, 5) is 15.9. The van der Waals surface area contributed by atoms with E-state index in [-0.39, 0.29) is 5.75 Å². The van der Waals surface area contributed by atoms with Crippen molar-refractivity contribution < 1.29 is 9.52 Å². The number of rotatable bonds is 3. The number of hydrogen-bond acceptors (Lipinski definition) is 5. The topological polar surface area (TPSA) is 56.9 Å². The number of piperazine rings is 1. The van der Waals surface area contributed by atoms with E-state index in [9.17, 15) is 9.90 Å². The van der Waals surface area contributed by atoms with Crippen molar-refractivity contribution in [3.63, 3.8) is 0 Å². The first-order chi connectivity index (χ1) is 10.6. The highest BCUT2D eigenvalue weighted by atomic mass is 35.5. The summed E-state index contributed by atoms with van der Waals surface area (Å²) in [5.41, 5.74) is 0.765. The summed E-state index contributed by atoms with van der Waals surface area (Å²) in [6, 6.07) is 9.19. The van der Waals surface area contributed by atoms with Gasteiger partial charge < -0.3 is 14.4 Å². The monoisotopic (exact) mass is 320 g/mol. The number of nitrogens with zero attached hydrogens (tertiary/aromatic N) is 2. The fraction of sp³-hybridized carbons (Fsp3) is 0.312. The first-order valence-corrected chi connectivity index (χ1v) is 7.53. The molecular weight excluding hydrogens is 304 g/mol. The van der Waals surface area contributed by atoms with E-state index < -0.39 is 5.43 Å². The molecule has 1 aliphatic heterocycles. The van der Waals surface area contributed by atoms with Gasteiger partial charge in [-0.3, -0.25) is 9.69 Å². The number of halogens is 1. The molecule has 1 saturated heterocycles. The third-order valence-electron chi connectivity index (χ3n) is 3.81. The molecule has 6 heteroatoms. The fourth-order valence-corrected chi connectivity index (χ4v) is 2.69. The van der Waals surface area contributed by atoms with Crippen molar-refractivity contribution in [3.05, 3.63) is 57.6 Å². The smallest absolute Gasteiger partial charge is 0.226 e. The molecule has 2 heterocycles. The van der Waals surface area contributed by atoms with Crippen LogP contribution in [0.5, 0.6) is 5.75 Å². The van der Waals surface area contributed by atoms with Crippen LogP contribution in [0.2, 0.25) is 5.02 Å². The lowest BCUT2D eigenvalue weighted by molar-refractivity contribution is 0.227. The van der Waals surface area contributed by atoms with Crippen LogP contribution in [0.15, 0.2) is 45.8 Å². The molecule has 3 rings (SSSR count). The van der Waals surface area contributed by atoms with Crippen LogP contribution in [0.3, 0.4) is 0 Å². The molecule has 116 valence electrons. The number of benzene rings is 1. The lowest BCUT2D eigenvalue weighted by Crippen LogP contribution is -2.46. The van der Waals surface area contributed by atoms with Crippen molar-refractivity contribution in [3.8, 4) is 5.75 Å². The summed E-state index contributed by atoms with van der Waals surface area (Å²) in [5.74, 6) is 0.221. The van der Waals surface area contributed by atoms with Crippen molar-refractivity contribution in [2.45, 2.75) is 6.54 Å². The van der Waals surface area contributed by atoms with Crippen molar-refractivity contribution in [2.24, 2.45) is 0 Å². The van der Waals surface area contributed by atoms with E-state index in [1.54, 1.807) is 0 Å². The second-order valence-corrected chi connectivity index (χ2v) is 5.77. The minimum absolute atomic E-state index is 0.351. The van der Waals surface area contributed by atoms with Gasteiger partial charge in [-0.2, -0.15) is 0 Å². The van der Waals surface area contributed by atoms with Gasteiger partial charge in [0, 0.05) is 43.0 Å². The maximum absolute atomic E-state index is 11.4. The van der Waals surface area contributed by atoms with Gasteiger partial charge in [0.2, 0.25) is 5.43 Å². The number of hydrogen-bond donors (Lipinski definition) is 1. The third-order valence-corrected chi connectivity index (χ3v) is 4.06. The Labute approximate surface area is 133 Å². The van der Waals surface area contributed by atoms with Crippen molar-refractivity contribution >= 4 is 17.3 Å². The van der Waals surface area contributed by atoms with Gasteiger partial charge in [-0.15, -0.1) is 0 Å². The molecule has 1 N–H and O–H groups in total. The van der Waals surface area contributed by atoms with Gasteiger partial charge in [0.1, 0.15) is 12.0 Å². The molecule has 0 atom stereocenters. The zero-order valence-electron chi connectivity index (χ0n) is 12.0. The fourth-order valence-electron chi connectivity index (χ4n) is 2.56. The highest BCUT2D eigenvalue weighted by Gasteiger charge is 2.18. The van der Waals surface area contributed by atoms with Crippen LogP contribution in [0.25, 0.3) is 0 Å². The minimum atomic E-state index is -0.402. The largest absolute Gasteiger partial charge is 0.502 e. The standard InChI is InChI=1S/C16H17ClN2O3/c17-12-1-3-13(4-2-12)19-7-5-18(6-8-19)10-14-9-15(20)16(21)11-22-14/h1-4,9,11,21H,5-8,10H2. The van der Waals surface area contributed by atoms with Gasteiger partial charge in [0.05, 0.1) is 6.54 Å². The van der Waals surface area contributed by atoms with Crippen molar-refractivity contribution in [1.82, 2.24) is 4.90 Å². The molecule has 0 amide bonds. The first-order valence-electron chi connectivity index (χ1n) is 7.15. The second kappa shape index (κ2) is 6.42. The molecule has 1 aromatic carbocycles. The molecule has 0 saturated carbocycles. The molecule has 22 heavy (non-hydrogen) atoms. The van der Waals surface area contributed by atoms with Crippen LogP contribution in [0.1, 0.15) is 5.76 Å². The van der Waals surface area contributed by atoms with E-state index in [0.717, 1.165) is 37.5 Å². The molecule has 0 bridgehead atoms. The van der Waals surface area contributed by atoms with E-state index in [0.29, 0.717) is 12.3 Å². The van der Waals surface area contributed by atoms with E-state index in [4.69, 9.17) is 16.0 Å². The van der Waals surface area contributed by atoms with Crippen LogP contribution < -0.4 is 10.3 Å². The van der Waals surface area contributed by atoms with Crippen molar-refractivity contribution in [2.75, 3.05) is 31.1 Å². The van der Waals surface area contributed by atoms with E-state index in [2.05, 4.69) is 9.80 Å². The van der Waals surface area contributed by atoms with Gasteiger partial charge in [0.25, 0.3) is 0 Å². The molecule has 0 spiro atoms. The summed E-state index contributed by atoms with van der Waals surface area (Å²) >= 11 is 5.91. The van der Waals surface area contributed by atoms with E-state index in [1.165, 1.54) is 11.8 Å². The molecule has 1 aliphatic rings. The van der Waals surface area contributed by atoms with Gasteiger partial charge >= 0.3 is 0 Å². The predicted molar refractivity (Wildman–Crippen MR) is 85.6 cm³/mol. The van der Waals surface area contributed by atoms with E-state index >= 15 is 0 Å². The van der Waals surface area contributed by atoms with Crippen LogP contribution >= 0.6 is 11.6 Å². The minimum Gasteiger partial charge on any atom is -0.502 e. The molecule has 1 fully saturated rings. The zero-order chi connectivity index (χ0) is 15.5. The maximum Gasteiger partial charge on any atom is 0.226 e. The van der Waals surface area contributed by atoms with Crippen LogP contribution in [-0.4, -0.2) is 36.2 Å². The highest BCUT2D eigenvalue weighted by Crippen LogP contribution is 2.20. The molecule has 0 unspecified atom stereocenters. The Morgan fingerprint density at radius 2 is 1.82 bits per heavy atom. The quantitative estimate of drug-likeness (QED) is 0.940. The maximum atomic E-state index is 11.4. The summed E-state index contributed by atoms with van der Waals surface area (Å²) in [7, 11) is 0. The summed E-state index contributed by atoms with van der Waals surface area (Å²) in [5, 5.41) is 9.93. The van der Waals surface area contributed by atoms with Crippen LogP contribution in [0, 0.1) is 0 Å². The van der Waals surface area contributed by atoms with E-state index in [1.807, 2.05) is 24.3 Å². The molecule has 2 aromatic rings. The van der Waals surface area contributed by atoms with Crippen LogP contribution in [0.4, 0.5) is 5.69 Å². The zero-order valence-corrected chi connectivity index (χ0v) is 12.8. The Morgan fingerprint density at radius 3 is 2.45 bits per heavy atom. The second-order valence-electron chi connectivity index (χ2n) is 5.34. The third kappa shape index (κ3) is 3.43. The van der Waals surface area contributed by atoms with Gasteiger partial charge in [-0.1, -0.05) is 11.6 Å². The molecule has 5 nitrogen and oxygen atoms in total. The Balaban J connectivity index is 1.58. The predicted octanol–water partition coefficient (Wildman–Crippen LogP) is 2.32. The summed E-state index contributed by atoms with van der Waals surface area (Å²) in [6.45, 7) is 4.15. The Morgan fingerprint density at radius 1 is 1.14 bits per heavy atom. The lowest BCUT2D eigenvalue weighted by Gasteiger charge is -2.35. The average molecular weight is 321 g/mol.